The number of rotatable bonds is 0. The highest BCUT2D eigenvalue weighted by Gasteiger charge is 2.08. The number of nitrogens with zero attached hydrogens (tertiary/aromatic N) is 1. The van der Waals surface area contributed by atoms with E-state index < -0.39 is 11.5 Å². The Bertz CT molecular complexity index is 486. The number of hydrogen-bond donors (Lipinski definition) is 1. The number of benzene rings is 1. The number of para-hydroxylation sites is 1. The lowest BCUT2D eigenvalue weighted by Crippen LogP contribution is -2.08. The molecular formula is C7H4F2N2O. The monoisotopic (exact) mass is 170 g/mol. The molecule has 0 aliphatic carbocycles. The van der Waals surface area contributed by atoms with Crippen LogP contribution in [0.1, 0.15) is 0 Å². The van der Waals surface area contributed by atoms with Gasteiger partial charge in [0.25, 0.3) is 0 Å². The summed E-state index contributed by atoms with van der Waals surface area (Å²) in [5, 5.41) is 0. The van der Waals surface area contributed by atoms with Crippen LogP contribution in [0.2, 0.25) is 0 Å². The van der Waals surface area contributed by atoms with Crippen LogP contribution in [0, 0.1) is 5.82 Å². The Morgan fingerprint density at radius 3 is 2.83 bits per heavy atom. The zero-order chi connectivity index (χ0) is 8.72. The van der Waals surface area contributed by atoms with Crippen LogP contribution < -0.4 is 5.69 Å². The molecule has 1 aromatic carbocycles. The maximum Gasteiger partial charge on any atom is 0.354 e. The van der Waals surface area contributed by atoms with E-state index in [2.05, 4.69) is 4.98 Å². The third-order valence-corrected chi connectivity index (χ3v) is 1.61. The van der Waals surface area contributed by atoms with E-state index in [1.807, 2.05) is 0 Å². The Morgan fingerprint density at radius 1 is 1.42 bits per heavy atom. The smallest absolute Gasteiger partial charge is 0.301 e. The van der Waals surface area contributed by atoms with E-state index in [-0.39, 0.29) is 15.8 Å². The summed E-state index contributed by atoms with van der Waals surface area (Å²) in [5.74, 6) is -0.638. The van der Waals surface area contributed by atoms with Gasteiger partial charge in [0, 0.05) is 0 Å². The van der Waals surface area contributed by atoms with Crippen LogP contribution >= 0.6 is 0 Å². The van der Waals surface area contributed by atoms with E-state index in [1.165, 1.54) is 12.1 Å². The van der Waals surface area contributed by atoms with Crippen molar-refractivity contribution in [1.29, 1.82) is 0 Å². The molecule has 62 valence electrons. The van der Waals surface area contributed by atoms with Gasteiger partial charge in [0.1, 0.15) is 16.9 Å². The van der Waals surface area contributed by atoms with Crippen molar-refractivity contribution in [2.24, 2.45) is 0 Å². The number of aromatic amines is 1. The van der Waals surface area contributed by atoms with Crippen LogP contribution in [-0.4, -0.2) is 9.77 Å². The third-order valence-electron chi connectivity index (χ3n) is 1.61. The first kappa shape index (κ1) is 7.02. The van der Waals surface area contributed by atoms with Gasteiger partial charge in [-0.3, -0.25) is 0 Å². The Labute approximate surface area is 65.2 Å². The van der Waals surface area contributed by atoms with Gasteiger partial charge in [0.05, 0.1) is 0 Å². The molecule has 2 rings (SSSR count). The van der Waals surface area contributed by atoms with Gasteiger partial charge in [0.15, 0.2) is 0 Å². The van der Waals surface area contributed by atoms with Crippen molar-refractivity contribution >= 4 is 11.0 Å². The zero-order valence-electron chi connectivity index (χ0n) is 5.84. The number of nitrogens with one attached hydrogen (secondary N) is 1. The van der Waals surface area contributed by atoms with Gasteiger partial charge >= 0.3 is 5.69 Å². The van der Waals surface area contributed by atoms with Gasteiger partial charge in [-0.15, -0.1) is 4.79 Å². The molecule has 1 N–H and O–H groups in total. The second-order valence-corrected chi connectivity index (χ2v) is 2.34. The molecular weight excluding hydrogens is 166 g/mol. The Morgan fingerprint density at radius 2 is 2.17 bits per heavy atom. The van der Waals surface area contributed by atoms with Gasteiger partial charge < -0.3 is 4.98 Å². The first-order valence-electron chi connectivity index (χ1n) is 3.25. The van der Waals surface area contributed by atoms with Crippen LogP contribution in [0.25, 0.3) is 11.0 Å². The summed E-state index contributed by atoms with van der Waals surface area (Å²) in [6.45, 7) is 0. The topological polar surface area (TPSA) is 37.8 Å². The highest BCUT2D eigenvalue weighted by Crippen LogP contribution is 2.12. The third kappa shape index (κ3) is 0.761. The maximum atomic E-state index is 12.8. The van der Waals surface area contributed by atoms with E-state index in [9.17, 15) is 13.7 Å². The fraction of sp³-hybridized carbons (Fsp3) is 0. The van der Waals surface area contributed by atoms with Crippen molar-refractivity contribution in [2.45, 2.75) is 0 Å². The van der Waals surface area contributed by atoms with E-state index in [0.29, 0.717) is 0 Å². The van der Waals surface area contributed by atoms with Crippen molar-refractivity contribution in [3.05, 3.63) is 34.5 Å². The summed E-state index contributed by atoms with van der Waals surface area (Å²) >= 11 is 0. The summed E-state index contributed by atoms with van der Waals surface area (Å²) in [7, 11) is 0. The number of imidazole rings is 1. The summed E-state index contributed by atoms with van der Waals surface area (Å²) in [5.41, 5.74) is -1.15. The van der Waals surface area contributed by atoms with Crippen LogP contribution in [0.3, 0.4) is 0 Å². The van der Waals surface area contributed by atoms with Crippen LogP contribution in [-0.2, 0) is 0 Å². The minimum Gasteiger partial charge on any atom is -0.301 e. The van der Waals surface area contributed by atoms with Crippen molar-refractivity contribution in [3.63, 3.8) is 0 Å². The minimum atomic E-state index is -0.963. The Hall–Kier alpha value is -1.65. The molecule has 0 saturated carbocycles. The molecule has 5 heteroatoms. The van der Waals surface area contributed by atoms with Crippen molar-refractivity contribution in [2.75, 3.05) is 0 Å². The second-order valence-electron chi connectivity index (χ2n) is 2.34. The van der Waals surface area contributed by atoms with E-state index in [4.69, 9.17) is 0 Å². The van der Waals surface area contributed by atoms with Gasteiger partial charge in [-0.05, 0) is 12.1 Å². The summed E-state index contributed by atoms with van der Waals surface area (Å²) in [6.07, 6.45) is 0. The minimum absolute atomic E-state index is 0.0833. The largest absolute Gasteiger partial charge is 0.354 e. The molecule has 0 spiro atoms. The fourth-order valence-electron chi connectivity index (χ4n) is 1.07. The van der Waals surface area contributed by atoms with Crippen LogP contribution in [0.5, 0.6) is 0 Å². The van der Waals surface area contributed by atoms with Crippen molar-refractivity contribution < 1.29 is 8.87 Å². The van der Waals surface area contributed by atoms with Gasteiger partial charge in [-0.2, -0.15) is 0 Å². The van der Waals surface area contributed by atoms with E-state index >= 15 is 0 Å². The number of fused-ring (bicyclic) bond motifs is 1. The summed E-state index contributed by atoms with van der Waals surface area (Å²) in [6, 6.07) is 3.80. The van der Waals surface area contributed by atoms with E-state index in [1.54, 1.807) is 0 Å². The van der Waals surface area contributed by atoms with Crippen molar-refractivity contribution in [3.8, 4) is 0 Å². The fourth-order valence-corrected chi connectivity index (χ4v) is 1.07. The molecule has 0 aliphatic rings. The Kier molecular flexibility index (Phi) is 1.27. The molecule has 0 amide bonds. The molecule has 0 unspecified atom stereocenters. The summed E-state index contributed by atoms with van der Waals surface area (Å²) in [4.78, 5) is 12.6. The molecule has 0 aliphatic heterocycles. The molecule has 1 heterocycles. The lowest BCUT2D eigenvalue weighted by atomic mass is 10.3. The number of hydrogen-bond acceptors (Lipinski definition) is 1. The molecule has 12 heavy (non-hydrogen) atoms. The lowest BCUT2D eigenvalue weighted by molar-refractivity contribution is 0.370. The van der Waals surface area contributed by atoms with Gasteiger partial charge in [0.2, 0.25) is 0 Å². The first-order chi connectivity index (χ1) is 5.70. The predicted octanol–water partition coefficient (Wildman–Crippen LogP) is 1.20. The van der Waals surface area contributed by atoms with Crippen LogP contribution in [0.4, 0.5) is 8.87 Å². The van der Waals surface area contributed by atoms with Crippen molar-refractivity contribution in [1.82, 2.24) is 9.77 Å². The Balaban J connectivity index is 3.05. The van der Waals surface area contributed by atoms with E-state index in [0.717, 1.165) is 6.07 Å². The quantitative estimate of drug-likeness (QED) is 0.633. The maximum absolute atomic E-state index is 12.8. The second kappa shape index (κ2) is 2.17. The molecule has 0 fully saturated rings. The highest BCUT2D eigenvalue weighted by molar-refractivity contribution is 5.75. The lowest BCUT2D eigenvalue weighted by Gasteiger charge is -1.89. The molecule has 3 nitrogen and oxygen atoms in total. The molecule has 1 aromatic heterocycles. The SMILES string of the molecule is O=c1[nH]c2c(F)cccc2n1F. The van der Waals surface area contributed by atoms with Gasteiger partial charge in [-0.1, -0.05) is 10.5 Å². The normalized spacial score (nSPS) is 10.8. The molecule has 2 aromatic rings. The first-order valence-corrected chi connectivity index (χ1v) is 3.25. The predicted molar refractivity (Wildman–Crippen MR) is 39.0 cm³/mol. The molecule has 0 bridgehead atoms. The molecule has 0 radical (unpaired) electrons. The zero-order valence-corrected chi connectivity index (χ0v) is 5.84. The standard InChI is InChI=1S/C7H4F2N2O/c8-4-2-1-3-5-6(4)10-7(12)11(5)9/h1-3H,(H,10,12). The highest BCUT2D eigenvalue weighted by atomic mass is 19.2. The average Bonchev–Trinajstić information content (AvgIpc) is 2.32. The average molecular weight is 170 g/mol. The molecule has 0 saturated heterocycles. The number of H-pyrrole nitrogens is 1. The van der Waals surface area contributed by atoms with Crippen LogP contribution in [0.15, 0.2) is 23.0 Å². The molecule has 0 atom stereocenters. The summed E-state index contributed by atoms with van der Waals surface area (Å²) < 4.78 is 25.6. The number of halogens is 2. The van der Waals surface area contributed by atoms with Gasteiger partial charge in [-0.25, -0.2) is 9.18 Å². The number of aromatic nitrogens is 2.